The van der Waals surface area contributed by atoms with Crippen LogP contribution in [0.1, 0.15) is 61.0 Å². The minimum absolute atomic E-state index is 0.131. The Hall–Kier alpha value is -2.29. The molecule has 3 heterocycles. The van der Waals surface area contributed by atoms with Gasteiger partial charge in [-0.05, 0) is 56.8 Å². The number of nitrogens with zero attached hydrogens (tertiary/aromatic N) is 1. The minimum Gasteiger partial charge on any atom is -0.360 e. The van der Waals surface area contributed by atoms with Crippen LogP contribution in [-0.2, 0) is 27.4 Å². The van der Waals surface area contributed by atoms with Gasteiger partial charge in [0.25, 0.3) is 5.91 Å². The van der Waals surface area contributed by atoms with Gasteiger partial charge < -0.3 is 15.0 Å². The summed E-state index contributed by atoms with van der Waals surface area (Å²) in [5.74, 6) is -0.776. The largest absolute Gasteiger partial charge is 0.360 e. The summed E-state index contributed by atoms with van der Waals surface area (Å²) in [6, 6.07) is 5.70. The van der Waals surface area contributed by atoms with Crippen molar-refractivity contribution >= 4 is 17.7 Å². The number of imide groups is 1. The Morgan fingerprint density at radius 1 is 1.27 bits per heavy atom. The molecule has 8 heteroatoms. The highest BCUT2D eigenvalue weighted by Gasteiger charge is 2.39. The van der Waals surface area contributed by atoms with Crippen molar-refractivity contribution in [1.29, 1.82) is 0 Å². The summed E-state index contributed by atoms with van der Waals surface area (Å²) >= 11 is 0. The van der Waals surface area contributed by atoms with Crippen LogP contribution in [-0.4, -0.2) is 53.6 Å². The molecule has 8 nitrogen and oxygen atoms in total. The summed E-state index contributed by atoms with van der Waals surface area (Å²) in [7, 11) is 0. The van der Waals surface area contributed by atoms with Gasteiger partial charge in [0.05, 0.1) is 6.61 Å². The maximum atomic E-state index is 12.7. The standard InChI is InChI=1S/C22H30N4O4/c1-22(2)25-16(13-30-22)4-3-9-23-11-14-5-6-17-15(10-14)12-26(21(17)29)18-7-8-19(27)24-20(18)28/h5-6,10,16,18,23,25H,3-4,7-9,11-13H2,1-2H3,(H,24,27,28)/t16-,18?/m0/s1. The van der Waals surface area contributed by atoms with E-state index in [1.165, 1.54) is 0 Å². The molecule has 3 N–H and O–H groups in total. The van der Waals surface area contributed by atoms with Crippen molar-refractivity contribution in [2.45, 2.75) is 70.4 Å². The van der Waals surface area contributed by atoms with Gasteiger partial charge in [0.1, 0.15) is 11.8 Å². The van der Waals surface area contributed by atoms with Gasteiger partial charge in [0.15, 0.2) is 0 Å². The Morgan fingerprint density at radius 3 is 2.83 bits per heavy atom. The van der Waals surface area contributed by atoms with E-state index in [-0.39, 0.29) is 29.9 Å². The van der Waals surface area contributed by atoms with Gasteiger partial charge in [-0.2, -0.15) is 0 Å². The van der Waals surface area contributed by atoms with Gasteiger partial charge in [-0.3, -0.25) is 25.0 Å². The van der Waals surface area contributed by atoms with Crippen LogP contribution in [0.15, 0.2) is 18.2 Å². The molecule has 2 fully saturated rings. The third-order valence-electron chi connectivity index (χ3n) is 6.02. The van der Waals surface area contributed by atoms with Gasteiger partial charge in [-0.25, -0.2) is 0 Å². The number of piperidine rings is 1. The van der Waals surface area contributed by atoms with Gasteiger partial charge in [-0.1, -0.05) is 12.1 Å². The zero-order chi connectivity index (χ0) is 21.3. The molecule has 3 amide bonds. The Labute approximate surface area is 176 Å². The molecule has 0 bridgehead atoms. The van der Waals surface area contributed by atoms with Crippen LogP contribution in [0.25, 0.3) is 0 Å². The Morgan fingerprint density at radius 2 is 2.10 bits per heavy atom. The van der Waals surface area contributed by atoms with Crippen molar-refractivity contribution in [3.05, 3.63) is 34.9 Å². The summed E-state index contributed by atoms with van der Waals surface area (Å²) < 4.78 is 5.69. The van der Waals surface area contributed by atoms with Crippen LogP contribution in [0.2, 0.25) is 0 Å². The number of ether oxygens (including phenoxy) is 1. The summed E-state index contributed by atoms with van der Waals surface area (Å²) in [4.78, 5) is 37.8. The van der Waals surface area contributed by atoms with Gasteiger partial charge >= 0.3 is 0 Å². The predicted molar refractivity (Wildman–Crippen MR) is 110 cm³/mol. The van der Waals surface area contributed by atoms with Crippen molar-refractivity contribution in [2.24, 2.45) is 0 Å². The molecular formula is C22H30N4O4. The molecule has 0 saturated carbocycles. The van der Waals surface area contributed by atoms with E-state index < -0.39 is 6.04 Å². The van der Waals surface area contributed by atoms with Crippen LogP contribution in [0.5, 0.6) is 0 Å². The minimum atomic E-state index is -0.567. The monoisotopic (exact) mass is 414 g/mol. The van der Waals surface area contributed by atoms with E-state index in [1.54, 1.807) is 4.90 Å². The summed E-state index contributed by atoms with van der Waals surface area (Å²) in [5.41, 5.74) is 2.49. The van der Waals surface area contributed by atoms with Crippen LogP contribution in [0.4, 0.5) is 0 Å². The number of amides is 3. The molecule has 0 aliphatic carbocycles. The van der Waals surface area contributed by atoms with Crippen LogP contribution < -0.4 is 16.0 Å². The van der Waals surface area contributed by atoms with Gasteiger partial charge in [0, 0.05) is 31.1 Å². The fourth-order valence-corrected chi connectivity index (χ4v) is 4.48. The molecule has 4 rings (SSSR count). The Bertz CT molecular complexity index is 854. The number of hydrogen-bond acceptors (Lipinski definition) is 6. The third kappa shape index (κ3) is 4.55. The molecule has 30 heavy (non-hydrogen) atoms. The maximum Gasteiger partial charge on any atom is 0.255 e. The second-order valence-electron chi connectivity index (χ2n) is 8.87. The number of hydrogen-bond donors (Lipinski definition) is 3. The molecule has 0 radical (unpaired) electrons. The highest BCUT2D eigenvalue weighted by atomic mass is 16.5. The van der Waals surface area contributed by atoms with Crippen molar-refractivity contribution in [3.8, 4) is 0 Å². The highest BCUT2D eigenvalue weighted by Crippen LogP contribution is 2.28. The third-order valence-corrected chi connectivity index (χ3v) is 6.02. The van der Waals surface area contributed by atoms with E-state index in [9.17, 15) is 14.4 Å². The second-order valence-corrected chi connectivity index (χ2v) is 8.87. The number of benzene rings is 1. The van der Waals surface area contributed by atoms with Crippen molar-refractivity contribution in [3.63, 3.8) is 0 Å². The first-order chi connectivity index (χ1) is 14.3. The number of rotatable bonds is 7. The number of carbonyl (C=O) groups excluding carboxylic acids is 3. The van der Waals surface area contributed by atoms with E-state index in [0.717, 1.165) is 43.7 Å². The molecule has 0 aromatic heterocycles. The SMILES string of the molecule is CC1(C)N[C@@H](CCCNCc2ccc3c(c2)CN(C2CCC(=O)NC2=O)C3=O)CO1. The lowest BCUT2D eigenvalue weighted by molar-refractivity contribution is -0.136. The Kier molecular flexibility index (Phi) is 5.90. The molecule has 1 aromatic carbocycles. The first-order valence-corrected chi connectivity index (χ1v) is 10.7. The van der Waals surface area contributed by atoms with Crippen LogP contribution in [0, 0.1) is 0 Å². The molecule has 1 aromatic rings. The van der Waals surface area contributed by atoms with Crippen molar-refractivity contribution < 1.29 is 19.1 Å². The predicted octanol–water partition coefficient (Wildman–Crippen LogP) is 1.04. The quantitative estimate of drug-likeness (QED) is 0.455. The van der Waals surface area contributed by atoms with Crippen molar-refractivity contribution in [2.75, 3.05) is 13.2 Å². The number of nitrogens with one attached hydrogen (secondary N) is 3. The lowest BCUT2D eigenvalue weighted by atomic mass is 10.0. The van der Waals surface area contributed by atoms with E-state index in [2.05, 4.69) is 16.0 Å². The first-order valence-electron chi connectivity index (χ1n) is 10.7. The lowest BCUT2D eigenvalue weighted by Crippen LogP contribution is -2.52. The second kappa shape index (κ2) is 8.45. The zero-order valence-corrected chi connectivity index (χ0v) is 17.6. The normalized spacial score (nSPS) is 25.5. The average molecular weight is 415 g/mol. The smallest absolute Gasteiger partial charge is 0.255 e. The summed E-state index contributed by atoms with van der Waals surface area (Å²) in [6.07, 6.45) is 2.78. The molecule has 3 aliphatic rings. The van der Waals surface area contributed by atoms with Crippen LogP contribution >= 0.6 is 0 Å². The molecule has 3 aliphatic heterocycles. The highest BCUT2D eigenvalue weighted by molar-refractivity contribution is 6.05. The fourth-order valence-electron chi connectivity index (χ4n) is 4.48. The van der Waals surface area contributed by atoms with Gasteiger partial charge in [0.2, 0.25) is 11.8 Å². The first kappa shape index (κ1) is 21.0. The topological polar surface area (TPSA) is 99.8 Å². The zero-order valence-electron chi connectivity index (χ0n) is 17.6. The Balaban J connectivity index is 1.26. The van der Waals surface area contributed by atoms with Crippen molar-refractivity contribution in [1.82, 2.24) is 20.9 Å². The summed E-state index contributed by atoms with van der Waals surface area (Å²) in [5, 5.41) is 9.28. The van der Waals surface area contributed by atoms with E-state index in [1.807, 2.05) is 32.0 Å². The van der Waals surface area contributed by atoms with E-state index in [0.29, 0.717) is 24.6 Å². The molecule has 0 spiro atoms. The number of fused-ring (bicyclic) bond motifs is 1. The average Bonchev–Trinajstić information content (AvgIpc) is 3.20. The lowest BCUT2D eigenvalue weighted by Gasteiger charge is -2.29. The molecule has 162 valence electrons. The fraction of sp³-hybridized carbons (Fsp3) is 0.591. The van der Waals surface area contributed by atoms with Crippen LogP contribution in [0.3, 0.4) is 0 Å². The summed E-state index contributed by atoms with van der Waals surface area (Å²) in [6.45, 7) is 6.92. The van der Waals surface area contributed by atoms with Gasteiger partial charge in [-0.15, -0.1) is 0 Å². The molecular weight excluding hydrogens is 384 g/mol. The number of carbonyl (C=O) groups is 3. The van der Waals surface area contributed by atoms with E-state index in [4.69, 9.17) is 4.74 Å². The maximum absolute atomic E-state index is 12.7. The van der Waals surface area contributed by atoms with E-state index >= 15 is 0 Å². The molecule has 2 saturated heterocycles. The molecule has 2 atom stereocenters. The molecule has 1 unspecified atom stereocenters.